The first kappa shape index (κ1) is 25.5. The summed E-state index contributed by atoms with van der Waals surface area (Å²) in [6.07, 6.45) is 0.892. The Bertz CT molecular complexity index is 439. The number of carbonyl (C=O) groups is 1. The fourth-order valence-electron chi connectivity index (χ4n) is 1.45. The third-order valence-corrected chi connectivity index (χ3v) is 4.05. The van der Waals surface area contributed by atoms with Crippen LogP contribution in [0.3, 0.4) is 0 Å². The van der Waals surface area contributed by atoms with Gasteiger partial charge in [-0.25, -0.2) is 4.57 Å². The minimum absolute atomic E-state index is 0.0263. The van der Waals surface area contributed by atoms with Gasteiger partial charge in [-0.2, -0.15) is 0 Å². The van der Waals surface area contributed by atoms with E-state index in [0.29, 0.717) is 6.61 Å². The molecule has 0 heterocycles. The van der Waals surface area contributed by atoms with Crippen molar-refractivity contribution in [2.75, 3.05) is 46.2 Å². The number of esters is 1. The Balaban J connectivity index is 3.61. The highest BCUT2D eigenvalue weighted by atomic mass is 31.2. The molecular formula is C17H35O8P. The third kappa shape index (κ3) is 15.7. The zero-order valence-electron chi connectivity index (χ0n) is 16.9. The topological polar surface area (TPSA) is 101 Å². The predicted octanol–water partition coefficient (Wildman–Crippen LogP) is 3.18. The summed E-state index contributed by atoms with van der Waals surface area (Å²) >= 11 is 0. The zero-order valence-corrected chi connectivity index (χ0v) is 17.8. The van der Waals surface area contributed by atoms with E-state index in [1.807, 2.05) is 0 Å². The summed E-state index contributed by atoms with van der Waals surface area (Å²) in [7, 11) is -4.11. The van der Waals surface area contributed by atoms with Crippen molar-refractivity contribution in [2.45, 2.75) is 48.0 Å². The van der Waals surface area contributed by atoms with E-state index in [0.717, 1.165) is 6.42 Å². The van der Waals surface area contributed by atoms with Crippen molar-refractivity contribution in [3.05, 3.63) is 0 Å². The Morgan fingerprint density at radius 3 is 1.73 bits per heavy atom. The highest BCUT2D eigenvalue weighted by molar-refractivity contribution is 7.47. The first-order valence-electron chi connectivity index (χ1n) is 8.78. The van der Waals surface area contributed by atoms with Gasteiger partial charge in [0.1, 0.15) is 6.61 Å². The average Bonchev–Trinajstić information content (AvgIpc) is 2.47. The first-order chi connectivity index (χ1) is 11.8. The molecule has 9 heteroatoms. The van der Waals surface area contributed by atoms with Gasteiger partial charge in [-0.15, -0.1) is 0 Å². The molecule has 1 unspecified atom stereocenters. The molecule has 0 fully saturated rings. The minimum atomic E-state index is -4.11. The second-order valence-electron chi connectivity index (χ2n) is 8.06. The lowest BCUT2D eigenvalue weighted by atomic mass is 9.93. The fourth-order valence-corrected chi connectivity index (χ4v) is 2.14. The maximum Gasteiger partial charge on any atom is 0.472 e. The van der Waals surface area contributed by atoms with E-state index in [1.165, 1.54) is 0 Å². The standard InChI is InChI=1S/C17H35O8P/c1-16(2,3)7-8-21-10-13-24-26(19,20)25-14-11-22-9-12-23-15(18)17(4,5)6/h7-14H2,1-6H3,(H,19,20). The predicted molar refractivity (Wildman–Crippen MR) is 97.9 cm³/mol. The number of phosphoric ester groups is 1. The van der Waals surface area contributed by atoms with Crippen LogP contribution in [0.4, 0.5) is 0 Å². The molecule has 0 radical (unpaired) electrons. The van der Waals surface area contributed by atoms with Crippen LogP contribution in [0, 0.1) is 10.8 Å². The van der Waals surface area contributed by atoms with Crippen LogP contribution in [0.2, 0.25) is 0 Å². The van der Waals surface area contributed by atoms with Crippen LogP contribution in [0.5, 0.6) is 0 Å². The Morgan fingerprint density at radius 1 is 0.808 bits per heavy atom. The molecule has 8 nitrogen and oxygen atoms in total. The summed E-state index contributed by atoms with van der Waals surface area (Å²) in [4.78, 5) is 21.0. The van der Waals surface area contributed by atoms with E-state index < -0.39 is 13.2 Å². The molecule has 0 aliphatic carbocycles. The smallest absolute Gasteiger partial charge is 0.463 e. The third-order valence-electron chi connectivity index (χ3n) is 3.03. The van der Waals surface area contributed by atoms with E-state index in [9.17, 15) is 14.3 Å². The number of hydrogen-bond donors (Lipinski definition) is 1. The lowest BCUT2D eigenvalue weighted by molar-refractivity contribution is -0.154. The SMILES string of the molecule is CC(C)(C)CCOCCOP(=O)(O)OCCOCCOC(=O)C(C)(C)C. The van der Waals surface area contributed by atoms with Crippen molar-refractivity contribution >= 4 is 13.8 Å². The number of rotatable bonds is 13. The molecule has 0 rings (SSSR count). The van der Waals surface area contributed by atoms with E-state index in [-0.39, 0.29) is 51.0 Å². The summed E-state index contributed by atoms with van der Waals surface area (Å²) in [6, 6.07) is 0. The summed E-state index contributed by atoms with van der Waals surface area (Å²) in [6.45, 7) is 12.7. The van der Waals surface area contributed by atoms with Crippen LogP contribution in [0.15, 0.2) is 0 Å². The van der Waals surface area contributed by atoms with Crippen LogP contribution < -0.4 is 0 Å². The Hall–Kier alpha value is -0.500. The Morgan fingerprint density at radius 2 is 1.27 bits per heavy atom. The monoisotopic (exact) mass is 398 g/mol. The number of ether oxygens (including phenoxy) is 3. The zero-order chi connectivity index (χ0) is 20.3. The normalized spacial score (nSPS) is 14.9. The molecule has 1 N–H and O–H groups in total. The molecule has 0 bridgehead atoms. The molecule has 0 saturated heterocycles. The number of hydrogen-bond acceptors (Lipinski definition) is 7. The summed E-state index contributed by atoms with van der Waals surface area (Å²) in [5.74, 6) is -0.310. The molecular weight excluding hydrogens is 363 g/mol. The van der Waals surface area contributed by atoms with Gasteiger partial charge in [-0.3, -0.25) is 13.8 Å². The highest BCUT2D eigenvalue weighted by Crippen LogP contribution is 2.42. The van der Waals surface area contributed by atoms with E-state index >= 15 is 0 Å². The molecule has 156 valence electrons. The van der Waals surface area contributed by atoms with Crippen LogP contribution in [-0.4, -0.2) is 57.1 Å². The largest absolute Gasteiger partial charge is 0.472 e. The van der Waals surface area contributed by atoms with Crippen LogP contribution in [0.25, 0.3) is 0 Å². The second kappa shape index (κ2) is 12.1. The van der Waals surface area contributed by atoms with Gasteiger partial charge in [0.2, 0.25) is 0 Å². The van der Waals surface area contributed by atoms with Gasteiger partial charge >= 0.3 is 13.8 Å². The molecule has 1 atom stereocenters. The molecule has 0 spiro atoms. The lowest BCUT2D eigenvalue weighted by Crippen LogP contribution is -2.24. The molecule has 0 aromatic heterocycles. The molecule has 0 aliphatic heterocycles. The molecule has 0 aromatic carbocycles. The van der Waals surface area contributed by atoms with Gasteiger partial charge < -0.3 is 19.1 Å². The van der Waals surface area contributed by atoms with E-state index in [1.54, 1.807) is 20.8 Å². The van der Waals surface area contributed by atoms with Gasteiger partial charge in [-0.1, -0.05) is 20.8 Å². The fraction of sp³-hybridized carbons (Fsp3) is 0.941. The Labute approximate surface area is 157 Å². The van der Waals surface area contributed by atoms with Crippen molar-refractivity contribution in [2.24, 2.45) is 10.8 Å². The molecule has 0 aliphatic rings. The summed E-state index contributed by atoms with van der Waals surface area (Å²) < 4.78 is 36.7. The molecule has 0 aromatic rings. The molecule has 0 saturated carbocycles. The molecule has 0 amide bonds. The average molecular weight is 398 g/mol. The number of carbonyl (C=O) groups excluding carboxylic acids is 1. The van der Waals surface area contributed by atoms with Crippen molar-refractivity contribution in [1.82, 2.24) is 0 Å². The number of phosphoric acid groups is 1. The highest BCUT2D eigenvalue weighted by Gasteiger charge is 2.23. The van der Waals surface area contributed by atoms with Crippen molar-refractivity contribution in [3.63, 3.8) is 0 Å². The van der Waals surface area contributed by atoms with Gasteiger partial charge in [0.05, 0.1) is 38.4 Å². The Kier molecular flexibility index (Phi) is 11.8. The van der Waals surface area contributed by atoms with Crippen molar-refractivity contribution in [1.29, 1.82) is 0 Å². The second-order valence-corrected chi connectivity index (χ2v) is 9.51. The van der Waals surface area contributed by atoms with E-state index in [2.05, 4.69) is 20.8 Å². The summed E-state index contributed by atoms with van der Waals surface area (Å²) in [5, 5.41) is 0. The lowest BCUT2D eigenvalue weighted by Gasteiger charge is -2.18. The van der Waals surface area contributed by atoms with Crippen LogP contribution >= 0.6 is 7.82 Å². The van der Waals surface area contributed by atoms with Crippen molar-refractivity contribution < 1.29 is 37.5 Å². The minimum Gasteiger partial charge on any atom is -0.463 e. The van der Waals surface area contributed by atoms with Crippen molar-refractivity contribution in [3.8, 4) is 0 Å². The van der Waals surface area contributed by atoms with Crippen LogP contribution in [-0.2, 0) is 32.6 Å². The van der Waals surface area contributed by atoms with E-state index in [4.69, 9.17) is 23.3 Å². The first-order valence-corrected chi connectivity index (χ1v) is 10.3. The van der Waals surface area contributed by atoms with Crippen LogP contribution in [0.1, 0.15) is 48.0 Å². The summed E-state index contributed by atoms with van der Waals surface area (Å²) in [5.41, 5.74) is -0.373. The molecule has 26 heavy (non-hydrogen) atoms. The van der Waals surface area contributed by atoms with Gasteiger partial charge in [0.15, 0.2) is 0 Å². The quantitative estimate of drug-likeness (QED) is 0.287. The maximum atomic E-state index is 11.6. The maximum absolute atomic E-state index is 11.6. The van der Waals surface area contributed by atoms with Gasteiger partial charge in [0.25, 0.3) is 0 Å². The van der Waals surface area contributed by atoms with Gasteiger partial charge in [-0.05, 0) is 32.6 Å². The van der Waals surface area contributed by atoms with Gasteiger partial charge in [0, 0.05) is 6.61 Å².